The van der Waals surface area contributed by atoms with Gasteiger partial charge >= 0.3 is 6.03 Å². The molecule has 22 heavy (non-hydrogen) atoms. The highest BCUT2D eigenvalue weighted by molar-refractivity contribution is 7.89. The number of benzene rings is 1. The van der Waals surface area contributed by atoms with Gasteiger partial charge in [0.1, 0.15) is 0 Å². The molecule has 3 N–H and O–H groups in total. The predicted molar refractivity (Wildman–Crippen MR) is 83.9 cm³/mol. The molecule has 0 saturated carbocycles. The minimum atomic E-state index is -3.71. The van der Waals surface area contributed by atoms with E-state index in [9.17, 15) is 13.2 Å². The molecule has 0 radical (unpaired) electrons. The summed E-state index contributed by atoms with van der Waals surface area (Å²) in [5, 5.41) is 7.87. The van der Waals surface area contributed by atoms with Crippen LogP contribution in [0.3, 0.4) is 0 Å². The molecule has 7 nitrogen and oxygen atoms in total. The number of nitrogens with two attached hydrogens (primary N) is 1. The minimum Gasteiger partial charge on any atom is -0.383 e. The van der Waals surface area contributed by atoms with Crippen LogP contribution >= 0.6 is 0 Å². The molecular formula is C14H23N3O4S. The summed E-state index contributed by atoms with van der Waals surface area (Å²) in [5.41, 5.74) is 0.810. The van der Waals surface area contributed by atoms with Crippen LogP contribution in [0.4, 0.5) is 4.79 Å². The van der Waals surface area contributed by atoms with Gasteiger partial charge in [0.15, 0.2) is 0 Å². The monoisotopic (exact) mass is 329 g/mol. The molecule has 0 fully saturated rings. The summed E-state index contributed by atoms with van der Waals surface area (Å²) < 4.78 is 27.4. The molecule has 0 heterocycles. The van der Waals surface area contributed by atoms with Crippen molar-refractivity contribution in [2.75, 3.05) is 20.8 Å². The van der Waals surface area contributed by atoms with Gasteiger partial charge in [0.2, 0.25) is 10.0 Å². The van der Waals surface area contributed by atoms with E-state index in [1.807, 2.05) is 13.8 Å². The predicted octanol–water partition coefficient (Wildman–Crippen LogP) is 1.07. The second kappa shape index (κ2) is 7.57. The lowest BCUT2D eigenvalue weighted by molar-refractivity contribution is 0.158. The Hall–Kier alpha value is -1.64. The molecule has 2 amide bonds. The van der Waals surface area contributed by atoms with E-state index in [1.165, 1.54) is 17.0 Å². The number of nitrogens with zero attached hydrogens (tertiary/aromatic N) is 1. The number of sulfonamides is 1. The fourth-order valence-electron chi connectivity index (χ4n) is 1.94. The third-order valence-corrected chi connectivity index (χ3v) is 4.31. The molecule has 0 aromatic heterocycles. The number of carbonyl (C=O) groups is 1. The Balaban J connectivity index is 2.78. The summed E-state index contributed by atoms with van der Waals surface area (Å²) >= 11 is 0. The van der Waals surface area contributed by atoms with Gasteiger partial charge in [-0.15, -0.1) is 0 Å². The number of nitrogens with one attached hydrogen (secondary N) is 1. The van der Waals surface area contributed by atoms with E-state index in [2.05, 4.69) is 5.32 Å². The zero-order chi connectivity index (χ0) is 16.9. The molecular weight excluding hydrogens is 306 g/mol. The van der Waals surface area contributed by atoms with Gasteiger partial charge in [0, 0.05) is 14.2 Å². The first-order valence-corrected chi connectivity index (χ1v) is 8.36. The Morgan fingerprint density at radius 2 is 1.86 bits per heavy atom. The topological polar surface area (TPSA) is 102 Å². The number of carbonyl (C=O) groups excluding carboxylic acids is 1. The number of hydrogen-bond donors (Lipinski definition) is 2. The van der Waals surface area contributed by atoms with E-state index in [4.69, 9.17) is 9.88 Å². The van der Waals surface area contributed by atoms with Crippen molar-refractivity contribution in [1.82, 2.24) is 10.2 Å². The summed E-state index contributed by atoms with van der Waals surface area (Å²) in [6.07, 6.45) is 0. The van der Waals surface area contributed by atoms with Crippen molar-refractivity contribution < 1.29 is 17.9 Å². The summed E-state index contributed by atoms with van der Waals surface area (Å²) in [6, 6.07) is 5.61. The van der Waals surface area contributed by atoms with Crippen molar-refractivity contribution in [2.24, 2.45) is 5.14 Å². The summed E-state index contributed by atoms with van der Waals surface area (Å²) in [6.45, 7) is 4.13. The maximum atomic E-state index is 12.1. The zero-order valence-electron chi connectivity index (χ0n) is 13.2. The molecule has 0 bridgehead atoms. The van der Waals surface area contributed by atoms with Crippen molar-refractivity contribution in [3.8, 4) is 0 Å². The van der Waals surface area contributed by atoms with Gasteiger partial charge in [-0.25, -0.2) is 18.4 Å². The van der Waals surface area contributed by atoms with E-state index >= 15 is 0 Å². The summed E-state index contributed by atoms with van der Waals surface area (Å²) in [4.78, 5) is 13.7. The molecule has 0 aliphatic heterocycles. The molecule has 1 rings (SSSR count). The number of hydrogen-bond acceptors (Lipinski definition) is 4. The summed E-state index contributed by atoms with van der Waals surface area (Å²) in [7, 11) is -0.466. The highest BCUT2D eigenvalue weighted by Crippen LogP contribution is 2.20. The van der Waals surface area contributed by atoms with E-state index in [0.29, 0.717) is 6.61 Å². The molecule has 0 aliphatic carbocycles. The van der Waals surface area contributed by atoms with Gasteiger partial charge in [-0.2, -0.15) is 0 Å². The number of amides is 2. The van der Waals surface area contributed by atoms with Gasteiger partial charge in [0.05, 0.1) is 23.6 Å². The Labute approximate surface area is 131 Å². The van der Waals surface area contributed by atoms with Crippen LogP contribution in [0.15, 0.2) is 29.2 Å². The first-order valence-electron chi connectivity index (χ1n) is 6.81. The van der Waals surface area contributed by atoms with Crippen LogP contribution in [0.1, 0.15) is 25.5 Å². The number of primary sulfonamides is 1. The number of ether oxygens (including phenoxy) is 1. The Kier molecular flexibility index (Phi) is 6.34. The first-order chi connectivity index (χ1) is 10.2. The second-order valence-corrected chi connectivity index (χ2v) is 6.77. The molecule has 0 aliphatic rings. The standard InChI is InChI=1S/C14H23N3O4S/c1-10(9-21-4)16-14(18)17(3)11(2)12-5-7-13(8-6-12)22(15,19)20/h5-8,10-11H,9H2,1-4H3,(H,16,18)(H2,15,19,20)/t10-,11-/m0/s1. The fourth-order valence-corrected chi connectivity index (χ4v) is 2.46. The average Bonchev–Trinajstić information content (AvgIpc) is 2.45. The van der Waals surface area contributed by atoms with Gasteiger partial charge in [-0.1, -0.05) is 12.1 Å². The van der Waals surface area contributed by atoms with Crippen LogP contribution in [-0.4, -0.2) is 46.2 Å². The third-order valence-electron chi connectivity index (χ3n) is 3.38. The molecule has 0 saturated heterocycles. The summed E-state index contributed by atoms with van der Waals surface area (Å²) in [5.74, 6) is 0. The van der Waals surface area contributed by atoms with Crippen LogP contribution in [0.5, 0.6) is 0 Å². The molecule has 1 aromatic rings. The molecule has 124 valence electrons. The molecule has 0 unspecified atom stereocenters. The lowest BCUT2D eigenvalue weighted by atomic mass is 10.1. The highest BCUT2D eigenvalue weighted by atomic mass is 32.2. The van der Waals surface area contributed by atoms with Crippen molar-refractivity contribution in [1.29, 1.82) is 0 Å². The van der Waals surface area contributed by atoms with Gasteiger partial charge in [-0.3, -0.25) is 0 Å². The van der Waals surface area contributed by atoms with Gasteiger partial charge in [0.25, 0.3) is 0 Å². The van der Waals surface area contributed by atoms with Crippen LogP contribution < -0.4 is 10.5 Å². The van der Waals surface area contributed by atoms with Crippen molar-refractivity contribution in [2.45, 2.75) is 30.8 Å². The van der Waals surface area contributed by atoms with Gasteiger partial charge < -0.3 is 15.0 Å². The van der Waals surface area contributed by atoms with Crippen molar-refractivity contribution in [3.05, 3.63) is 29.8 Å². The van der Waals surface area contributed by atoms with Crippen LogP contribution in [0, 0.1) is 0 Å². The second-order valence-electron chi connectivity index (χ2n) is 5.21. The minimum absolute atomic E-state index is 0.0456. The van der Waals surface area contributed by atoms with Gasteiger partial charge in [-0.05, 0) is 31.5 Å². The Bertz CT molecular complexity index is 601. The number of rotatable bonds is 6. The van der Waals surface area contributed by atoms with Crippen molar-refractivity contribution >= 4 is 16.1 Å². The lowest BCUT2D eigenvalue weighted by Gasteiger charge is -2.27. The fraction of sp³-hybridized carbons (Fsp3) is 0.500. The van der Waals surface area contributed by atoms with Crippen LogP contribution in [0.25, 0.3) is 0 Å². The lowest BCUT2D eigenvalue weighted by Crippen LogP contribution is -2.44. The quantitative estimate of drug-likeness (QED) is 0.815. The SMILES string of the molecule is COC[C@H](C)NC(=O)N(C)[C@@H](C)c1ccc(S(N)(=O)=O)cc1. The normalized spacial score (nSPS) is 14.2. The van der Waals surface area contributed by atoms with E-state index in [0.717, 1.165) is 5.56 Å². The smallest absolute Gasteiger partial charge is 0.317 e. The van der Waals surface area contributed by atoms with Crippen LogP contribution in [-0.2, 0) is 14.8 Å². The number of methoxy groups -OCH3 is 1. The molecule has 0 spiro atoms. The molecule has 2 atom stereocenters. The first kappa shape index (κ1) is 18.4. The Morgan fingerprint density at radius 3 is 2.32 bits per heavy atom. The molecule has 8 heteroatoms. The maximum Gasteiger partial charge on any atom is 0.317 e. The number of urea groups is 1. The zero-order valence-corrected chi connectivity index (χ0v) is 14.1. The van der Waals surface area contributed by atoms with Crippen molar-refractivity contribution in [3.63, 3.8) is 0 Å². The average molecular weight is 329 g/mol. The Morgan fingerprint density at radius 1 is 1.32 bits per heavy atom. The van der Waals surface area contributed by atoms with E-state index < -0.39 is 10.0 Å². The van der Waals surface area contributed by atoms with Crippen LogP contribution in [0.2, 0.25) is 0 Å². The maximum absolute atomic E-state index is 12.1. The van der Waals surface area contributed by atoms with E-state index in [-0.39, 0.29) is 23.0 Å². The largest absolute Gasteiger partial charge is 0.383 e. The highest BCUT2D eigenvalue weighted by Gasteiger charge is 2.19. The molecule has 1 aromatic carbocycles. The third kappa shape index (κ3) is 4.97. The van der Waals surface area contributed by atoms with E-state index in [1.54, 1.807) is 26.3 Å².